The van der Waals surface area contributed by atoms with Gasteiger partial charge in [0.05, 0.1) is 5.57 Å². The van der Waals surface area contributed by atoms with Crippen LogP contribution in [0.5, 0.6) is 0 Å². The molecule has 2 nitrogen and oxygen atoms in total. The SMILES string of the molecule is CN(C(=O)/C=C(/c1ccccc1)C(F)(F)F)C1CCCCCC1. The molecule has 1 aliphatic carbocycles. The lowest BCUT2D eigenvalue weighted by molar-refractivity contribution is -0.127. The Kier molecular flexibility index (Phi) is 5.85. The van der Waals surface area contributed by atoms with Gasteiger partial charge in [-0.25, -0.2) is 0 Å². The number of nitrogens with zero attached hydrogens (tertiary/aromatic N) is 1. The van der Waals surface area contributed by atoms with Crippen molar-refractivity contribution in [3.63, 3.8) is 0 Å². The fraction of sp³-hybridized carbons (Fsp3) is 0.500. The Balaban J connectivity index is 2.22. The third-order valence-corrected chi connectivity index (χ3v) is 4.38. The van der Waals surface area contributed by atoms with E-state index in [2.05, 4.69) is 0 Å². The fourth-order valence-electron chi connectivity index (χ4n) is 3.00. The van der Waals surface area contributed by atoms with E-state index in [1.165, 1.54) is 29.2 Å². The summed E-state index contributed by atoms with van der Waals surface area (Å²) in [6.07, 6.45) is 2.22. The predicted molar refractivity (Wildman–Crippen MR) is 84.7 cm³/mol. The normalized spacial score (nSPS) is 17.7. The highest BCUT2D eigenvalue weighted by atomic mass is 19.4. The van der Waals surface area contributed by atoms with Gasteiger partial charge in [-0.1, -0.05) is 56.0 Å². The van der Waals surface area contributed by atoms with Crippen molar-refractivity contribution in [2.45, 2.75) is 50.7 Å². The van der Waals surface area contributed by atoms with E-state index in [-0.39, 0.29) is 11.6 Å². The number of benzene rings is 1. The molecule has 0 aliphatic heterocycles. The van der Waals surface area contributed by atoms with Crippen LogP contribution in [0.3, 0.4) is 0 Å². The number of hydrogen-bond donors (Lipinski definition) is 0. The van der Waals surface area contributed by atoms with E-state index < -0.39 is 17.7 Å². The van der Waals surface area contributed by atoms with Crippen molar-refractivity contribution in [1.29, 1.82) is 0 Å². The lowest BCUT2D eigenvalue weighted by atomic mass is 10.0. The summed E-state index contributed by atoms with van der Waals surface area (Å²) in [6, 6.07) is 7.50. The minimum absolute atomic E-state index is 0.0163. The van der Waals surface area contributed by atoms with Crippen LogP contribution in [0.15, 0.2) is 36.4 Å². The number of carbonyl (C=O) groups is 1. The average Bonchev–Trinajstić information content (AvgIpc) is 2.80. The summed E-state index contributed by atoms with van der Waals surface area (Å²) in [4.78, 5) is 13.8. The van der Waals surface area contributed by atoms with Crippen LogP contribution in [0, 0.1) is 0 Å². The maximum absolute atomic E-state index is 13.3. The predicted octanol–water partition coefficient (Wildman–Crippen LogP) is 4.81. The van der Waals surface area contributed by atoms with Crippen LogP contribution < -0.4 is 0 Å². The van der Waals surface area contributed by atoms with Crippen molar-refractivity contribution in [2.75, 3.05) is 7.05 Å². The average molecular weight is 325 g/mol. The number of alkyl halides is 3. The molecule has 126 valence electrons. The molecule has 1 fully saturated rings. The number of rotatable bonds is 3. The molecular weight excluding hydrogens is 303 g/mol. The zero-order valence-corrected chi connectivity index (χ0v) is 13.3. The highest BCUT2D eigenvalue weighted by molar-refractivity contribution is 5.96. The van der Waals surface area contributed by atoms with E-state index in [4.69, 9.17) is 0 Å². The van der Waals surface area contributed by atoms with Gasteiger partial charge in [-0.2, -0.15) is 13.2 Å². The van der Waals surface area contributed by atoms with Gasteiger partial charge in [-0.15, -0.1) is 0 Å². The molecule has 0 saturated heterocycles. The maximum atomic E-state index is 13.3. The smallest absolute Gasteiger partial charge is 0.339 e. The van der Waals surface area contributed by atoms with Crippen LogP contribution in [0.1, 0.15) is 44.1 Å². The van der Waals surface area contributed by atoms with E-state index in [1.54, 1.807) is 13.1 Å². The van der Waals surface area contributed by atoms with Crippen LogP contribution in [0.2, 0.25) is 0 Å². The second-order valence-corrected chi connectivity index (χ2v) is 6.02. The molecule has 0 heterocycles. The summed E-state index contributed by atoms with van der Waals surface area (Å²) in [7, 11) is 1.60. The van der Waals surface area contributed by atoms with Crippen LogP contribution in [0.25, 0.3) is 5.57 Å². The van der Waals surface area contributed by atoms with E-state index in [0.717, 1.165) is 44.6 Å². The first-order chi connectivity index (χ1) is 10.9. The Morgan fingerprint density at radius 1 is 1.09 bits per heavy atom. The Morgan fingerprint density at radius 3 is 2.17 bits per heavy atom. The summed E-state index contributed by atoms with van der Waals surface area (Å²) in [5.74, 6) is -0.576. The van der Waals surface area contributed by atoms with E-state index in [0.29, 0.717) is 0 Å². The molecule has 2 rings (SSSR count). The molecule has 1 aliphatic rings. The van der Waals surface area contributed by atoms with Crippen molar-refractivity contribution in [3.05, 3.63) is 42.0 Å². The van der Waals surface area contributed by atoms with Crippen molar-refractivity contribution in [3.8, 4) is 0 Å². The largest absolute Gasteiger partial charge is 0.417 e. The second kappa shape index (κ2) is 7.66. The lowest BCUT2D eigenvalue weighted by Crippen LogP contribution is -2.36. The summed E-state index contributed by atoms with van der Waals surface area (Å²) in [5, 5.41) is 0. The highest BCUT2D eigenvalue weighted by Gasteiger charge is 2.36. The molecule has 0 aromatic heterocycles. The number of amides is 1. The molecule has 5 heteroatoms. The lowest BCUT2D eigenvalue weighted by Gasteiger charge is -2.26. The first kappa shape index (κ1) is 17.6. The zero-order valence-electron chi connectivity index (χ0n) is 13.3. The van der Waals surface area contributed by atoms with Crippen LogP contribution >= 0.6 is 0 Å². The third kappa shape index (κ3) is 4.85. The number of hydrogen-bond acceptors (Lipinski definition) is 1. The van der Waals surface area contributed by atoms with E-state index in [1.807, 2.05) is 0 Å². The minimum atomic E-state index is -4.55. The Morgan fingerprint density at radius 2 is 1.65 bits per heavy atom. The Bertz CT molecular complexity index is 543. The summed E-state index contributed by atoms with van der Waals surface area (Å²) in [6.45, 7) is 0. The molecule has 0 unspecified atom stereocenters. The molecule has 1 saturated carbocycles. The maximum Gasteiger partial charge on any atom is 0.417 e. The van der Waals surface area contributed by atoms with Crippen molar-refractivity contribution >= 4 is 11.5 Å². The molecule has 0 spiro atoms. The molecule has 23 heavy (non-hydrogen) atoms. The fourth-order valence-corrected chi connectivity index (χ4v) is 3.00. The number of carbonyl (C=O) groups excluding carboxylic acids is 1. The molecule has 1 amide bonds. The van der Waals surface area contributed by atoms with E-state index >= 15 is 0 Å². The third-order valence-electron chi connectivity index (χ3n) is 4.38. The first-order valence-electron chi connectivity index (χ1n) is 8.00. The molecule has 1 aromatic carbocycles. The number of halogens is 3. The summed E-state index contributed by atoms with van der Waals surface area (Å²) in [5.41, 5.74) is -0.869. The van der Waals surface area contributed by atoms with Gasteiger partial charge in [-0.05, 0) is 18.4 Å². The standard InChI is InChI=1S/C18H22F3NO/c1-22(15-11-7-2-3-8-12-15)17(23)13-16(18(19,20)21)14-9-5-4-6-10-14/h4-6,9-10,13,15H,2-3,7-8,11-12H2,1H3/b16-13-. The number of allylic oxidation sites excluding steroid dienone is 1. The van der Waals surface area contributed by atoms with Gasteiger partial charge in [0.25, 0.3) is 0 Å². The second-order valence-electron chi connectivity index (χ2n) is 6.02. The van der Waals surface area contributed by atoms with Crippen LogP contribution in [-0.4, -0.2) is 30.1 Å². The van der Waals surface area contributed by atoms with Crippen molar-refractivity contribution in [2.24, 2.45) is 0 Å². The van der Waals surface area contributed by atoms with E-state index in [9.17, 15) is 18.0 Å². The summed E-state index contributed by atoms with van der Waals surface area (Å²) < 4.78 is 39.9. The number of likely N-dealkylation sites (N-methyl/N-ethyl adjacent to an activating group) is 1. The van der Waals surface area contributed by atoms with Gasteiger partial charge in [0.2, 0.25) is 5.91 Å². The molecule has 0 bridgehead atoms. The molecule has 0 radical (unpaired) electrons. The Labute approximate surface area is 135 Å². The molecule has 1 aromatic rings. The van der Waals surface area contributed by atoms with Gasteiger partial charge >= 0.3 is 6.18 Å². The Hall–Kier alpha value is -1.78. The monoisotopic (exact) mass is 325 g/mol. The van der Waals surface area contributed by atoms with Gasteiger partial charge in [0, 0.05) is 19.2 Å². The summed E-state index contributed by atoms with van der Waals surface area (Å²) >= 11 is 0. The molecule has 0 atom stereocenters. The highest BCUT2D eigenvalue weighted by Crippen LogP contribution is 2.34. The quantitative estimate of drug-likeness (QED) is 0.577. The zero-order chi connectivity index (χ0) is 16.9. The topological polar surface area (TPSA) is 20.3 Å². The van der Waals surface area contributed by atoms with Gasteiger partial charge in [0.15, 0.2) is 0 Å². The van der Waals surface area contributed by atoms with Gasteiger partial charge < -0.3 is 4.90 Å². The van der Waals surface area contributed by atoms with Crippen LogP contribution in [0.4, 0.5) is 13.2 Å². The van der Waals surface area contributed by atoms with Gasteiger partial charge in [0.1, 0.15) is 0 Å². The van der Waals surface area contributed by atoms with Crippen LogP contribution in [-0.2, 0) is 4.79 Å². The molecular formula is C18H22F3NO. The molecule has 0 N–H and O–H groups in total. The van der Waals surface area contributed by atoms with Gasteiger partial charge in [-0.3, -0.25) is 4.79 Å². The van der Waals surface area contributed by atoms with Crippen molar-refractivity contribution < 1.29 is 18.0 Å². The van der Waals surface area contributed by atoms with Crippen molar-refractivity contribution in [1.82, 2.24) is 4.90 Å². The minimum Gasteiger partial charge on any atom is -0.339 e. The first-order valence-corrected chi connectivity index (χ1v) is 8.00.